The van der Waals surface area contributed by atoms with Crippen LogP contribution < -0.4 is 4.31 Å². The zero-order valence-electron chi connectivity index (χ0n) is 16.0. The molecule has 0 heterocycles. The largest absolute Gasteiger partial charge is 0.273 e. The molecule has 28 heavy (non-hydrogen) atoms. The summed E-state index contributed by atoms with van der Waals surface area (Å²) in [7, 11) is -4.01. The van der Waals surface area contributed by atoms with Crippen LogP contribution in [0.4, 0.5) is 5.69 Å². The SMILES string of the molecule is Cc1ccc(C)c(N(C(=O)CCc2ccccc2)S(=O)(=O)c2ccccc2)c1. The smallest absolute Gasteiger partial charge is 0.270 e. The zero-order valence-corrected chi connectivity index (χ0v) is 16.8. The van der Waals surface area contributed by atoms with Gasteiger partial charge in [0.05, 0.1) is 10.6 Å². The summed E-state index contributed by atoms with van der Waals surface area (Å²) in [5, 5.41) is 0. The maximum atomic E-state index is 13.4. The second-order valence-electron chi connectivity index (χ2n) is 6.75. The average Bonchev–Trinajstić information content (AvgIpc) is 2.70. The summed E-state index contributed by atoms with van der Waals surface area (Å²) in [6.45, 7) is 3.69. The molecular weight excluding hydrogens is 370 g/mol. The van der Waals surface area contributed by atoms with E-state index in [1.807, 2.05) is 56.3 Å². The van der Waals surface area contributed by atoms with Crippen LogP contribution in [0.1, 0.15) is 23.1 Å². The van der Waals surface area contributed by atoms with Gasteiger partial charge in [0.2, 0.25) is 5.91 Å². The first-order valence-corrected chi connectivity index (χ1v) is 10.6. The number of hydrogen-bond donors (Lipinski definition) is 0. The Balaban J connectivity index is 2.02. The summed E-state index contributed by atoms with van der Waals surface area (Å²) in [6, 6.07) is 23.2. The van der Waals surface area contributed by atoms with Crippen molar-refractivity contribution in [3.05, 3.63) is 95.6 Å². The van der Waals surface area contributed by atoms with Gasteiger partial charge in [-0.15, -0.1) is 0 Å². The standard InChI is InChI=1S/C23H23NO3S/c1-18-13-14-19(2)22(17-18)24(28(26,27)21-11-7-4-8-12-21)23(25)16-15-20-9-5-3-6-10-20/h3-14,17H,15-16H2,1-2H3. The number of nitrogens with zero attached hydrogens (tertiary/aromatic N) is 1. The van der Waals surface area contributed by atoms with Crippen molar-refractivity contribution in [3.8, 4) is 0 Å². The summed E-state index contributed by atoms with van der Waals surface area (Å²) in [4.78, 5) is 13.2. The summed E-state index contributed by atoms with van der Waals surface area (Å²) < 4.78 is 27.7. The van der Waals surface area contributed by atoms with Gasteiger partial charge in [0.1, 0.15) is 0 Å². The van der Waals surface area contributed by atoms with Gasteiger partial charge in [-0.05, 0) is 55.2 Å². The fraction of sp³-hybridized carbons (Fsp3) is 0.174. The maximum Gasteiger partial charge on any atom is 0.270 e. The molecule has 0 bridgehead atoms. The third-order valence-electron chi connectivity index (χ3n) is 4.56. The molecule has 0 saturated heterocycles. The van der Waals surface area contributed by atoms with Gasteiger partial charge >= 0.3 is 0 Å². The van der Waals surface area contributed by atoms with Gasteiger partial charge in [0.15, 0.2) is 0 Å². The van der Waals surface area contributed by atoms with Crippen LogP contribution in [0.15, 0.2) is 83.8 Å². The van der Waals surface area contributed by atoms with Gasteiger partial charge in [-0.25, -0.2) is 12.7 Å². The monoisotopic (exact) mass is 393 g/mol. The molecule has 144 valence electrons. The van der Waals surface area contributed by atoms with E-state index in [-0.39, 0.29) is 11.3 Å². The highest BCUT2D eigenvalue weighted by atomic mass is 32.2. The Kier molecular flexibility index (Phi) is 5.95. The highest BCUT2D eigenvalue weighted by Gasteiger charge is 2.31. The third kappa shape index (κ3) is 4.31. The number of carbonyl (C=O) groups is 1. The molecule has 0 aliphatic rings. The van der Waals surface area contributed by atoms with E-state index < -0.39 is 15.9 Å². The van der Waals surface area contributed by atoms with Crippen molar-refractivity contribution in [3.63, 3.8) is 0 Å². The second kappa shape index (κ2) is 8.40. The highest BCUT2D eigenvalue weighted by Crippen LogP contribution is 2.29. The lowest BCUT2D eigenvalue weighted by molar-refractivity contribution is -0.117. The number of amides is 1. The van der Waals surface area contributed by atoms with Crippen LogP contribution >= 0.6 is 0 Å². The first-order chi connectivity index (χ1) is 13.4. The van der Waals surface area contributed by atoms with Gasteiger partial charge in [-0.2, -0.15) is 0 Å². The summed E-state index contributed by atoms with van der Waals surface area (Å²) in [6.07, 6.45) is 0.578. The number of rotatable bonds is 6. The molecule has 3 rings (SSSR count). The minimum atomic E-state index is -4.01. The number of benzene rings is 3. The Bertz CT molecular complexity index is 1060. The molecule has 0 saturated carbocycles. The molecule has 1 amide bonds. The Hall–Kier alpha value is -2.92. The van der Waals surface area contributed by atoms with E-state index >= 15 is 0 Å². The van der Waals surface area contributed by atoms with E-state index in [2.05, 4.69) is 0 Å². The van der Waals surface area contributed by atoms with E-state index in [0.717, 1.165) is 21.0 Å². The fourth-order valence-corrected chi connectivity index (χ4v) is 4.56. The van der Waals surface area contributed by atoms with Crippen molar-refractivity contribution in [1.29, 1.82) is 0 Å². The maximum absolute atomic E-state index is 13.4. The quantitative estimate of drug-likeness (QED) is 0.612. The highest BCUT2D eigenvalue weighted by molar-refractivity contribution is 7.93. The lowest BCUT2D eigenvalue weighted by Crippen LogP contribution is -2.37. The lowest BCUT2D eigenvalue weighted by Gasteiger charge is -2.25. The van der Waals surface area contributed by atoms with Gasteiger partial charge in [-0.3, -0.25) is 4.79 Å². The molecule has 0 unspecified atom stereocenters. The summed E-state index contributed by atoms with van der Waals surface area (Å²) >= 11 is 0. The van der Waals surface area contributed by atoms with E-state index in [9.17, 15) is 13.2 Å². The van der Waals surface area contributed by atoms with E-state index in [4.69, 9.17) is 0 Å². The molecule has 4 nitrogen and oxygen atoms in total. The molecular formula is C23H23NO3S. The zero-order chi connectivity index (χ0) is 20.1. The van der Waals surface area contributed by atoms with Crippen LogP contribution in [0.25, 0.3) is 0 Å². The van der Waals surface area contributed by atoms with Crippen molar-refractivity contribution in [1.82, 2.24) is 0 Å². The van der Waals surface area contributed by atoms with Gasteiger partial charge in [0, 0.05) is 6.42 Å². The number of carbonyl (C=O) groups excluding carboxylic acids is 1. The van der Waals surface area contributed by atoms with Crippen molar-refractivity contribution >= 4 is 21.6 Å². The van der Waals surface area contributed by atoms with Crippen LogP contribution in [0.3, 0.4) is 0 Å². The van der Waals surface area contributed by atoms with Crippen molar-refractivity contribution in [2.45, 2.75) is 31.6 Å². The van der Waals surface area contributed by atoms with Gasteiger partial charge in [-0.1, -0.05) is 60.7 Å². The van der Waals surface area contributed by atoms with Crippen LogP contribution in [-0.4, -0.2) is 14.3 Å². The number of anilines is 1. The summed E-state index contributed by atoms with van der Waals surface area (Å²) in [5.41, 5.74) is 3.03. The number of aryl methyl sites for hydroxylation is 3. The first-order valence-electron chi connectivity index (χ1n) is 9.14. The fourth-order valence-electron chi connectivity index (χ4n) is 3.03. The molecule has 3 aromatic carbocycles. The van der Waals surface area contributed by atoms with Crippen molar-refractivity contribution in [2.75, 3.05) is 4.31 Å². The molecule has 5 heteroatoms. The predicted octanol–water partition coefficient (Wildman–Crippen LogP) is 4.66. The molecule has 0 spiro atoms. The van der Waals surface area contributed by atoms with E-state index in [1.165, 1.54) is 12.1 Å². The molecule has 0 N–H and O–H groups in total. The molecule has 0 atom stereocenters. The Morgan fingerprint density at radius 3 is 2.11 bits per heavy atom. The molecule has 0 radical (unpaired) electrons. The third-order valence-corrected chi connectivity index (χ3v) is 6.31. The Morgan fingerprint density at radius 1 is 0.857 bits per heavy atom. The molecule has 0 aromatic heterocycles. The van der Waals surface area contributed by atoms with Gasteiger partial charge < -0.3 is 0 Å². The Labute approximate surface area is 166 Å². The average molecular weight is 394 g/mol. The first kappa shape index (κ1) is 19.8. The van der Waals surface area contributed by atoms with Crippen molar-refractivity contribution < 1.29 is 13.2 Å². The Morgan fingerprint density at radius 2 is 1.46 bits per heavy atom. The molecule has 3 aromatic rings. The molecule has 0 fully saturated rings. The predicted molar refractivity (Wildman–Crippen MR) is 112 cm³/mol. The molecule has 0 aliphatic carbocycles. The van der Waals surface area contributed by atoms with Gasteiger partial charge in [0.25, 0.3) is 10.0 Å². The number of hydrogen-bond acceptors (Lipinski definition) is 3. The lowest BCUT2D eigenvalue weighted by atomic mass is 10.1. The van der Waals surface area contributed by atoms with Crippen LogP contribution in [0.5, 0.6) is 0 Å². The topological polar surface area (TPSA) is 54.5 Å². The van der Waals surface area contributed by atoms with Crippen LogP contribution in [0, 0.1) is 13.8 Å². The normalized spacial score (nSPS) is 11.2. The minimum Gasteiger partial charge on any atom is -0.273 e. The van der Waals surface area contributed by atoms with Crippen molar-refractivity contribution in [2.24, 2.45) is 0 Å². The second-order valence-corrected chi connectivity index (χ2v) is 8.54. The number of sulfonamides is 1. The van der Waals surface area contributed by atoms with E-state index in [1.54, 1.807) is 24.3 Å². The van der Waals surface area contributed by atoms with E-state index in [0.29, 0.717) is 12.1 Å². The molecule has 0 aliphatic heterocycles. The van der Waals surface area contributed by atoms with Crippen LogP contribution in [-0.2, 0) is 21.2 Å². The summed E-state index contributed by atoms with van der Waals surface area (Å²) in [5.74, 6) is -0.443. The van der Waals surface area contributed by atoms with Crippen LogP contribution in [0.2, 0.25) is 0 Å². The minimum absolute atomic E-state index is 0.101.